The maximum atomic E-state index is 11.3. The fourth-order valence-corrected chi connectivity index (χ4v) is 2.54. The Balaban J connectivity index is 1.55. The minimum Gasteiger partial charge on any atom is -0.450 e. The van der Waals surface area contributed by atoms with Crippen molar-refractivity contribution in [3.05, 3.63) is 36.5 Å². The van der Waals surface area contributed by atoms with Crippen LogP contribution in [0.1, 0.15) is 6.92 Å². The normalized spacial score (nSPS) is 14.4. The summed E-state index contributed by atoms with van der Waals surface area (Å²) in [5, 5.41) is 10.7. The number of amides is 1. The van der Waals surface area contributed by atoms with E-state index in [4.69, 9.17) is 4.74 Å². The SMILES string of the molecule is CCOC(=O)Nc1ccc(N2CCN(c3ccccn3)CC2)nn1. The van der Waals surface area contributed by atoms with Crippen molar-refractivity contribution >= 4 is 23.5 Å². The van der Waals surface area contributed by atoms with E-state index < -0.39 is 6.09 Å². The van der Waals surface area contributed by atoms with E-state index in [-0.39, 0.29) is 0 Å². The van der Waals surface area contributed by atoms with Gasteiger partial charge in [-0.05, 0) is 31.2 Å². The highest BCUT2D eigenvalue weighted by atomic mass is 16.5. The van der Waals surface area contributed by atoms with E-state index in [9.17, 15) is 4.79 Å². The second kappa shape index (κ2) is 7.58. The molecule has 1 aliphatic heterocycles. The molecule has 0 spiro atoms. The molecule has 1 saturated heterocycles. The molecule has 2 aromatic rings. The third-order valence-corrected chi connectivity index (χ3v) is 3.73. The molecule has 8 heteroatoms. The second-order valence-electron chi connectivity index (χ2n) is 5.28. The quantitative estimate of drug-likeness (QED) is 0.915. The average molecular weight is 328 g/mol. The highest BCUT2D eigenvalue weighted by Crippen LogP contribution is 2.17. The van der Waals surface area contributed by atoms with Crippen molar-refractivity contribution < 1.29 is 9.53 Å². The zero-order valence-corrected chi connectivity index (χ0v) is 13.6. The van der Waals surface area contributed by atoms with Crippen LogP contribution in [0.25, 0.3) is 0 Å². The lowest BCUT2D eigenvalue weighted by Crippen LogP contribution is -2.47. The smallest absolute Gasteiger partial charge is 0.412 e. The summed E-state index contributed by atoms with van der Waals surface area (Å²) in [6, 6.07) is 9.51. The first-order valence-electron chi connectivity index (χ1n) is 7.94. The maximum absolute atomic E-state index is 11.3. The lowest BCUT2D eigenvalue weighted by molar-refractivity contribution is 0.168. The van der Waals surface area contributed by atoms with Gasteiger partial charge in [-0.2, -0.15) is 0 Å². The van der Waals surface area contributed by atoms with Gasteiger partial charge in [0.25, 0.3) is 0 Å². The van der Waals surface area contributed by atoms with Crippen LogP contribution >= 0.6 is 0 Å². The van der Waals surface area contributed by atoms with Crippen LogP contribution in [0.4, 0.5) is 22.2 Å². The average Bonchev–Trinajstić information content (AvgIpc) is 2.63. The Kier molecular flexibility index (Phi) is 5.05. The van der Waals surface area contributed by atoms with Crippen LogP contribution in [0.15, 0.2) is 36.5 Å². The lowest BCUT2D eigenvalue weighted by Gasteiger charge is -2.35. The standard InChI is InChI=1S/C16H20N6O2/c1-2-24-16(23)18-13-6-7-15(20-19-13)22-11-9-21(10-12-22)14-5-3-4-8-17-14/h3-8H,2,9-12H2,1H3,(H,18,19,23). The molecule has 0 radical (unpaired) electrons. The van der Waals surface area contributed by atoms with Gasteiger partial charge >= 0.3 is 6.09 Å². The van der Waals surface area contributed by atoms with Crippen molar-refractivity contribution in [1.29, 1.82) is 0 Å². The number of aromatic nitrogens is 3. The fourth-order valence-electron chi connectivity index (χ4n) is 2.54. The number of nitrogens with one attached hydrogen (secondary N) is 1. The molecule has 3 heterocycles. The van der Waals surface area contributed by atoms with Crippen LogP contribution in [0.3, 0.4) is 0 Å². The van der Waals surface area contributed by atoms with Crippen molar-refractivity contribution in [3.63, 3.8) is 0 Å². The van der Waals surface area contributed by atoms with Crippen LogP contribution in [-0.4, -0.2) is 54.1 Å². The van der Waals surface area contributed by atoms with Crippen molar-refractivity contribution in [2.24, 2.45) is 0 Å². The van der Waals surface area contributed by atoms with Gasteiger partial charge in [-0.25, -0.2) is 9.78 Å². The minimum absolute atomic E-state index is 0.317. The van der Waals surface area contributed by atoms with E-state index in [0.29, 0.717) is 12.4 Å². The van der Waals surface area contributed by atoms with Gasteiger partial charge in [0.05, 0.1) is 6.61 Å². The number of hydrogen-bond acceptors (Lipinski definition) is 7. The third-order valence-electron chi connectivity index (χ3n) is 3.73. The Morgan fingerprint density at radius 1 is 1.08 bits per heavy atom. The van der Waals surface area contributed by atoms with Gasteiger partial charge in [-0.15, -0.1) is 10.2 Å². The number of carbonyl (C=O) groups excluding carboxylic acids is 1. The molecule has 3 rings (SSSR count). The Labute approximate surface area is 140 Å². The number of pyridine rings is 1. The summed E-state index contributed by atoms with van der Waals surface area (Å²) in [5.41, 5.74) is 0. The van der Waals surface area contributed by atoms with Gasteiger partial charge in [0.15, 0.2) is 11.6 Å². The zero-order chi connectivity index (χ0) is 16.8. The number of piperazine rings is 1. The van der Waals surface area contributed by atoms with E-state index in [1.54, 1.807) is 13.0 Å². The van der Waals surface area contributed by atoms with E-state index in [2.05, 4.69) is 30.3 Å². The van der Waals surface area contributed by atoms with Crippen LogP contribution in [-0.2, 0) is 4.74 Å². The van der Waals surface area contributed by atoms with E-state index in [1.807, 2.05) is 30.5 Å². The molecule has 1 aliphatic rings. The van der Waals surface area contributed by atoms with Crippen molar-refractivity contribution in [2.45, 2.75) is 6.92 Å². The number of ether oxygens (including phenoxy) is 1. The first-order valence-corrected chi connectivity index (χ1v) is 7.94. The summed E-state index contributed by atoms with van der Waals surface area (Å²) in [4.78, 5) is 20.1. The lowest BCUT2D eigenvalue weighted by atomic mass is 10.3. The van der Waals surface area contributed by atoms with E-state index in [0.717, 1.165) is 37.8 Å². The number of rotatable bonds is 4. The van der Waals surface area contributed by atoms with E-state index >= 15 is 0 Å². The van der Waals surface area contributed by atoms with Crippen LogP contribution < -0.4 is 15.1 Å². The summed E-state index contributed by atoms with van der Waals surface area (Å²) < 4.78 is 4.81. The molecule has 8 nitrogen and oxygen atoms in total. The molecule has 0 saturated carbocycles. The molecule has 1 amide bonds. The molecular weight excluding hydrogens is 308 g/mol. The predicted molar refractivity (Wildman–Crippen MR) is 91.3 cm³/mol. The Hall–Kier alpha value is -2.90. The largest absolute Gasteiger partial charge is 0.450 e. The van der Waals surface area contributed by atoms with Crippen LogP contribution in [0, 0.1) is 0 Å². The minimum atomic E-state index is -0.525. The zero-order valence-electron chi connectivity index (χ0n) is 13.6. The molecular formula is C16H20N6O2. The Morgan fingerprint density at radius 3 is 2.42 bits per heavy atom. The van der Waals surface area contributed by atoms with Gasteiger partial charge in [0.1, 0.15) is 5.82 Å². The van der Waals surface area contributed by atoms with Gasteiger partial charge in [0, 0.05) is 32.4 Å². The van der Waals surface area contributed by atoms with Crippen LogP contribution in [0.2, 0.25) is 0 Å². The number of carbonyl (C=O) groups is 1. The summed E-state index contributed by atoms with van der Waals surface area (Å²) in [6.45, 7) is 5.51. The first-order chi connectivity index (χ1) is 11.8. The van der Waals surface area contributed by atoms with Crippen molar-refractivity contribution in [2.75, 3.05) is 47.9 Å². The number of nitrogens with zero attached hydrogens (tertiary/aromatic N) is 5. The first kappa shape index (κ1) is 16.0. The maximum Gasteiger partial charge on any atom is 0.412 e. The molecule has 1 N–H and O–H groups in total. The second-order valence-corrected chi connectivity index (χ2v) is 5.28. The number of anilines is 3. The topological polar surface area (TPSA) is 83.5 Å². The summed E-state index contributed by atoms with van der Waals surface area (Å²) in [6.07, 6.45) is 1.28. The van der Waals surface area contributed by atoms with Gasteiger partial charge in [0.2, 0.25) is 0 Å². The molecule has 0 atom stereocenters. The van der Waals surface area contributed by atoms with Crippen LogP contribution in [0.5, 0.6) is 0 Å². The van der Waals surface area contributed by atoms with Gasteiger partial charge in [-0.1, -0.05) is 6.07 Å². The molecule has 0 aromatic carbocycles. The van der Waals surface area contributed by atoms with E-state index in [1.165, 1.54) is 0 Å². The van der Waals surface area contributed by atoms with Crippen molar-refractivity contribution in [3.8, 4) is 0 Å². The molecule has 0 unspecified atom stereocenters. The Morgan fingerprint density at radius 2 is 1.83 bits per heavy atom. The molecule has 0 aliphatic carbocycles. The summed E-state index contributed by atoms with van der Waals surface area (Å²) in [5.74, 6) is 2.17. The summed E-state index contributed by atoms with van der Waals surface area (Å²) >= 11 is 0. The fraction of sp³-hybridized carbons (Fsp3) is 0.375. The summed E-state index contributed by atoms with van der Waals surface area (Å²) in [7, 11) is 0. The molecule has 2 aromatic heterocycles. The number of hydrogen-bond donors (Lipinski definition) is 1. The monoisotopic (exact) mass is 328 g/mol. The highest BCUT2D eigenvalue weighted by Gasteiger charge is 2.19. The molecule has 0 bridgehead atoms. The highest BCUT2D eigenvalue weighted by molar-refractivity contribution is 5.83. The Bertz CT molecular complexity index is 656. The molecule has 126 valence electrons. The molecule has 1 fully saturated rings. The van der Waals surface area contributed by atoms with Gasteiger partial charge in [-0.3, -0.25) is 5.32 Å². The predicted octanol–water partition coefficient (Wildman–Crippen LogP) is 1.77. The molecule has 24 heavy (non-hydrogen) atoms. The van der Waals surface area contributed by atoms with Gasteiger partial charge < -0.3 is 14.5 Å². The third kappa shape index (κ3) is 3.89. The van der Waals surface area contributed by atoms with Crippen molar-refractivity contribution in [1.82, 2.24) is 15.2 Å².